The zero-order valence-corrected chi connectivity index (χ0v) is 15.2. The molecular weight excluding hydrogens is 322 g/mol. The molecule has 1 aliphatic rings. The number of benzene rings is 2. The van der Waals surface area contributed by atoms with Crippen LogP contribution in [0.5, 0.6) is 0 Å². The third kappa shape index (κ3) is 3.27. The minimum Gasteiger partial charge on any atom is -0.304 e. The van der Waals surface area contributed by atoms with Crippen molar-refractivity contribution in [3.8, 4) is 5.69 Å². The van der Waals surface area contributed by atoms with Crippen molar-refractivity contribution in [2.24, 2.45) is 0 Å². The van der Waals surface area contributed by atoms with E-state index in [0.717, 1.165) is 37.3 Å². The SMILES string of the molecule is Cc1ccccc1-n1nnnc1C1(NCCc2ccccc2)CCCC1. The van der Waals surface area contributed by atoms with Gasteiger partial charge in [-0.3, -0.25) is 0 Å². The summed E-state index contributed by atoms with van der Waals surface area (Å²) in [4.78, 5) is 0. The highest BCUT2D eigenvalue weighted by atomic mass is 15.6. The summed E-state index contributed by atoms with van der Waals surface area (Å²) in [6.45, 7) is 3.02. The smallest absolute Gasteiger partial charge is 0.176 e. The van der Waals surface area contributed by atoms with Gasteiger partial charge in [0.05, 0.1) is 11.2 Å². The Morgan fingerprint density at radius 1 is 1.00 bits per heavy atom. The molecule has 0 spiro atoms. The second kappa shape index (κ2) is 7.38. The second-order valence-corrected chi connectivity index (χ2v) is 7.15. The number of aryl methyl sites for hydroxylation is 1. The number of nitrogens with zero attached hydrogens (tertiary/aromatic N) is 4. The van der Waals surface area contributed by atoms with Crippen LogP contribution in [0.25, 0.3) is 5.69 Å². The van der Waals surface area contributed by atoms with Gasteiger partial charge in [0.2, 0.25) is 0 Å². The Labute approximate surface area is 154 Å². The molecule has 1 heterocycles. The van der Waals surface area contributed by atoms with Gasteiger partial charge >= 0.3 is 0 Å². The van der Waals surface area contributed by atoms with Crippen molar-refractivity contribution < 1.29 is 0 Å². The Morgan fingerprint density at radius 3 is 2.50 bits per heavy atom. The van der Waals surface area contributed by atoms with E-state index in [9.17, 15) is 0 Å². The summed E-state index contributed by atoms with van der Waals surface area (Å²) in [7, 11) is 0. The Bertz CT molecular complexity index is 850. The fourth-order valence-corrected chi connectivity index (χ4v) is 4.00. The van der Waals surface area contributed by atoms with E-state index in [-0.39, 0.29) is 5.54 Å². The molecule has 1 aliphatic carbocycles. The molecule has 0 radical (unpaired) electrons. The van der Waals surface area contributed by atoms with Crippen LogP contribution in [0.1, 0.15) is 42.6 Å². The lowest BCUT2D eigenvalue weighted by Crippen LogP contribution is -2.43. The molecule has 26 heavy (non-hydrogen) atoms. The van der Waals surface area contributed by atoms with Gasteiger partial charge in [-0.2, -0.15) is 4.68 Å². The van der Waals surface area contributed by atoms with E-state index in [4.69, 9.17) is 0 Å². The van der Waals surface area contributed by atoms with Crippen LogP contribution >= 0.6 is 0 Å². The lowest BCUT2D eigenvalue weighted by molar-refractivity contribution is 0.317. The first kappa shape index (κ1) is 16.9. The summed E-state index contributed by atoms with van der Waals surface area (Å²) in [6, 6.07) is 18.9. The second-order valence-electron chi connectivity index (χ2n) is 7.15. The van der Waals surface area contributed by atoms with Gasteiger partial charge in [-0.25, -0.2) is 0 Å². The average molecular weight is 347 g/mol. The Morgan fingerprint density at radius 2 is 1.73 bits per heavy atom. The fraction of sp³-hybridized carbons (Fsp3) is 0.381. The maximum Gasteiger partial charge on any atom is 0.176 e. The molecule has 4 rings (SSSR count). The largest absolute Gasteiger partial charge is 0.304 e. The fourth-order valence-electron chi connectivity index (χ4n) is 4.00. The van der Waals surface area contributed by atoms with Crippen LogP contribution in [0.15, 0.2) is 54.6 Å². The van der Waals surface area contributed by atoms with Crippen LogP contribution < -0.4 is 5.32 Å². The molecule has 134 valence electrons. The van der Waals surface area contributed by atoms with Crippen molar-refractivity contribution in [1.82, 2.24) is 25.5 Å². The van der Waals surface area contributed by atoms with E-state index in [1.54, 1.807) is 0 Å². The van der Waals surface area contributed by atoms with Crippen molar-refractivity contribution in [1.29, 1.82) is 0 Å². The van der Waals surface area contributed by atoms with Gasteiger partial charge in [-0.15, -0.1) is 5.10 Å². The predicted molar refractivity (Wildman–Crippen MR) is 102 cm³/mol. The summed E-state index contributed by atoms with van der Waals surface area (Å²) in [5.41, 5.74) is 3.45. The van der Waals surface area contributed by atoms with Gasteiger partial charge < -0.3 is 5.32 Å². The van der Waals surface area contributed by atoms with Crippen molar-refractivity contribution in [2.45, 2.75) is 44.6 Å². The summed E-state index contributed by atoms with van der Waals surface area (Å²) in [5.74, 6) is 0.942. The van der Waals surface area contributed by atoms with Crippen molar-refractivity contribution >= 4 is 0 Å². The van der Waals surface area contributed by atoms with Crippen LogP contribution in [-0.2, 0) is 12.0 Å². The quantitative estimate of drug-likeness (QED) is 0.740. The molecule has 1 saturated carbocycles. The minimum atomic E-state index is -0.138. The molecule has 1 N–H and O–H groups in total. The van der Waals surface area contributed by atoms with Crippen LogP contribution in [0.2, 0.25) is 0 Å². The molecular formula is C21H25N5. The molecule has 5 nitrogen and oxygen atoms in total. The average Bonchev–Trinajstić information content (AvgIpc) is 3.33. The highest BCUT2D eigenvalue weighted by molar-refractivity contribution is 5.40. The lowest BCUT2D eigenvalue weighted by Gasteiger charge is -2.29. The zero-order chi connectivity index (χ0) is 17.8. The third-order valence-electron chi connectivity index (χ3n) is 5.42. The zero-order valence-electron chi connectivity index (χ0n) is 15.2. The molecule has 0 unspecified atom stereocenters. The van der Waals surface area contributed by atoms with Crippen molar-refractivity contribution in [3.63, 3.8) is 0 Å². The van der Waals surface area contributed by atoms with Crippen molar-refractivity contribution in [3.05, 3.63) is 71.5 Å². The number of rotatable bonds is 6. The molecule has 0 aliphatic heterocycles. The molecule has 0 saturated heterocycles. The number of hydrogen-bond acceptors (Lipinski definition) is 4. The number of para-hydroxylation sites is 1. The molecule has 1 aromatic heterocycles. The molecule has 0 bridgehead atoms. The monoisotopic (exact) mass is 347 g/mol. The van der Waals surface area contributed by atoms with E-state index < -0.39 is 0 Å². The Balaban J connectivity index is 1.59. The van der Waals surface area contributed by atoms with Crippen LogP contribution in [0.4, 0.5) is 0 Å². The van der Waals surface area contributed by atoms with Gasteiger partial charge in [0, 0.05) is 6.54 Å². The van der Waals surface area contributed by atoms with Gasteiger partial charge in [-0.05, 0) is 53.8 Å². The van der Waals surface area contributed by atoms with Crippen LogP contribution in [-0.4, -0.2) is 26.8 Å². The molecule has 0 atom stereocenters. The Kier molecular flexibility index (Phi) is 4.80. The standard InChI is InChI=1S/C21H25N5/c1-17-9-5-6-12-19(17)26-20(23-24-25-26)21(14-7-8-15-21)22-16-13-18-10-3-2-4-11-18/h2-6,9-12,22H,7-8,13-16H2,1H3. The maximum absolute atomic E-state index is 4.45. The van der Waals surface area contributed by atoms with Gasteiger partial charge in [-0.1, -0.05) is 61.4 Å². The van der Waals surface area contributed by atoms with Gasteiger partial charge in [0.1, 0.15) is 0 Å². The van der Waals surface area contributed by atoms with E-state index >= 15 is 0 Å². The molecule has 3 aromatic rings. The minimum absolute atomic E-state index is 0.138. The number of hydrogen-bond donors (Lipinski definition) is 1. The lowest BCUT2D eigenvalue weighted by atomic mass is 9.95. The van der Waals surface area contributed by atoms with Crippen molar-refractivity contribution in [2.75, 3.05) is 6.54 Å². The molecule has 5 heteroatoms. The molecule has 1 fully saturated rings. The molecule has 0 amide bonds. The third-order valence-corrected chi connectivity index (χ3v) is 5.42. The van der Waals surface area contributed by atoms with Gasteiger partial charge in [0.15, 0.2) is 5.82 Å². The maximum atomic E-state index is 4.45. The van der Waals surface area contributed by atoms with E-state index in [1.165, 1.54) is 24.0 Å². The summed E-state index contributed by atoms with van der Waals surface area (Å²) in [6.07, 6.45) is 5.58. The van der Waals surface area contributed by atoms with Crippen LogP contribution in [0.3, 0.4) is 0 Å². The topological polar surface area (TPSA) is 55.6 Å². The number of nitrogens with one attached hydrogen (secondary N) is 1. The van der Waals surface area contributed by atoms with E-state index in [0.29, 0.717) is 0 Å². The summed E-state index contributed by atoms with van der Waals surface area (Å²) >= 11 is 0. The summed E-state index contributed by atoms with van der Waals surface area (Å²) in [5, 5.41) is 16.6. The van der Waals surface area contributed by atoms with E-state index in [1.807, 2.05) is 16.8 Å². The molecule has 2 aromatic carbocycles. The number of tetrazole rings is 1. The van der Waals surface area contributed by atoms with Gasteiger partial charge in [0.25, 0.3) is 0 Å². The Hall–Kier alpha value is -2.53. The van der Waals surface area contributed by atoms with Crippen LogP contribution in [0, 0.1) is 6.92 Å². The summed E-state index contributed by atoms with van der Waals surface area (Å²) < 4.78 is 1.93. The highest BCUT2D eigenvalue weighted by Gasteiger charge is 2.40. The number of aromatic nitrogens is 4. The van der Waals surface area contributed by atoms with E-state index in [2.05, 4.69) is 70.2 Å². The predicted octanol–water partition coefficient (Wildman–Crippen LogP) is 3.57. The first-order chi connectivity index (χ1) is 12.8. The highest BCUT2D eigenvalue weighted by Crippen LogP contribution is 2.38. The normalized spacial score (nSPS) is 16.0. The first-order valence-electron chi connectivity index (χ1n) is 9.42. The first-order valence-corrected chi connectivity index (χ1v) is 9.42.